The molecule has 0 saturated carbocycles. The third kappa shape index (κ3) is 5.53. The largest absolute Gasteiger partial charge is 0.444 e. The van der Waals surface area contributed by atoms with Crippen LogP contribution in [0.25, 0.3) is 0 Å². The molecule has 0 spiro atoms. The van der Waals surface area contributed by atoms with E-state index in [0.29, 0.717) is 19.1 Å². The average molecular weight is 299 g/mol. The van der Waals surface area contributed by atoms with Crippen LogP contribution < -0.4 is 10.6 Å². The van der Waals surface area contributed by atoms with Crippen LogP contribution in [0, 0.1) is 0 Å². The molecule has 0 radical (unpaired) electrons. The van der Waals surface area contributed by atoms with Gasteiger partial charge in [-0.25, -0.2) is 4.79 Å². The van der Waals surface area contributed by atoms with Gasteiger partial charge in [-0.05, 0) is 41.0 Å². The van der Waals surface area contributed by atoms with Crippen LogP contribution >= 0.6 is 0 Å². The molecule has 1 aliphatic rings. The fourth-order valence-electron chi connectivity index (χ4n) is 2.29. The summed E-state index contributed by atoms with van der Waals surface area (Å²) in [5, 5.41) is 6.04. The summed E-state index contributed by atoms with van der Waals surface area (Å²) in [6.45, 7) is 13.0. The van der Waals surface area contributed by atoms with Crippen LogP contribution in [0.2, 0.25) is 0 Å². The molecule has 1 heterocycles. The number of nitrogens with one attached hydrogen (secondary N) is 2. The first-order valence-corrected chi connectivity index (χ1v) is 7.59. The van der Waals surface area contributed by atoms with Gasteiger partial charge in [-0.3, -0.25) is 4.79 Å². The zero-order valence-electron chi connectivity index (χ0n) is 14.1. The Morgan fingerprint density at radius 1 is 1.29 bits per heavy atom. The van der Waals surface area contributed by atoms with Crippen LogP contribution in [-0.2, 0) is 9.53 Å². The number of rotatable bonds is 3. The fraction of sp³-hybridized carbons (Fsp3) is 0.867. The summed E-state index contributed by atoms with van der Waals surface area (Å²) < 4.78 is 5.22. The Morgan fingerprint density at radius 3 is 2.43 bits per heavy atom. The molecule has 0 aromatic rings. The lowest BCUT2D eigenvalue weighted by Gasteiger charge is -2.38. The first-order valence-electron chi connectivity index (χ1n) is 7.59. The van der Waals surface area contributed by atoms with Crippen molar-refractivity contribution in [1.29, 1.82) is 0 Å². The Morgan fingerprint density at radius 2 is 1.90 bits per heavy atom. The number of nitrogens with zero attached hydrogens (tertiary/aromatic N) is 1. The number of carbonyl (C=O) groups excluding carboxylic acids is 2. The molecule has 122 valence electrons. The Balaban J connectivity index is 2.64. The number of alkyl carbamates (subject to hydrolysis) is 1. The summed E-state index contributed by atoms with van der Waals surface area (Å²) in [4.78, 5) is 26.3. The number of ether oxygens (including phenoxy) is 1. The zero-order valence-corrected chi connectivity index (χ0v) is 14.1. The van der Waals surface area contributed by atoms with Crippen LogP contribution in [0.15, 0.2) is 0 Å². The van der Waals surface area contributed by atoms with Gasteiger partial charge in [-0.15, -0.1) is 0 Å². The summed E-state index contributed by atoms with van der Waals surface area (Å²) in [5.41, 5.74) is -1.55. The average Bonchev–Trinajstić information content (AvgIpc) is 2.34. The highest BCUT2D eigenvalue weighted by atomic mass is 16.6. The van der Waals surface area contributed by atoms with E-state index < -0.39 is 17.2 Å². The second-order valence-corrected chi connectivity index (χ2v) is 7.06. The molecular weight excluding hydrogens is 270 g/mol. The Bertz CT molecular complexity index is 388. The molecule has 6 nitrogen and oxygen atoms in total. The SMILES string of the molecule is CCC1CN(C(=O)C(C)(C)NC(=O)OC(C)(C)C)CCN1. The maximum absolute atomic E-state index is 12.6. The van der Waals surface area contributed by atoms with Crippen LogP contribution in [-0.4, -0.2) is 53.7 Å². The molecule has 1 rings (SSSR count). The van der Waals surface area contributed by atoms with Gasteiger partial charge in [0, 0.05) is 25.7 Å². The van der Waals surface area contributed by atoms with E-state index in [0.717, 1.165) is 13.0 Å². The van der Waals surface area contributed by atoms with Gasteiger partial charge >= 0.3 is 6.09 Å². The van der Waals surface area contributed by atoms with E-state index in [4.69, 9.17) is 4.74 Å². The van der Waals surface area contributed by atoms with E-state index in [1.807, 2.05) is 4.90 Å². The van der Waals surface area contributed by atoms with Crippen molar-refractivity contribution in [1.82, 2.24) is 15.5 Å². The molecule has 0 aliphatic carbocycles. The minimum absolute atomic E-state index is 0.0756. The van der Waals surface area contributed by atoms with E-state index in [9.17, 15) is 9.59 Å². The second-order valence-electron chi connectivity index (χ2n) is 7.06. The quantitative estimate of drug-likeness (QED) is 0.828. The number of amides is 2. The molecule has 21 heavy (non-hydrogen) atoms. The van der Waals surface area contributed by atoms with Gasteiger partial charge in [-0.1, -0.05) is 6.92 Å². The van der Waals surface area contributed by atoms with Gasteiger partial charge in [0.2, 0.25) is 5.91 Å². The molecule has 0 aromatic carbocycles. The molecule has 1 atom stereocenters. The lowest BCUT2D eigenvalue weighted by atomic mass is 10.0. The molecule has 1 fully saturated rings. The predicted molar refractivity (Wildman–Crippen MR) is 82.1 cm³/mol. The van der Waals surface area contributed by atoms with E-state index >= 15 is 0 Å². The van der Waals surface area contributed by atoms with E-state index in [-0.39, 0.29) is 5.91 Å². The Hall–Kier alpha value is -1.30. The summed E-state index contributed by atoms with van der Waals surface area (Å²) >= 11 is 0. The lowest BCUT2D eigenvalue weighted by Crippen LogP contribution is -2.61. The maximum atomic E-state index is 12.6. The highest BCUT2D eigenvalue weighted by Crippen LogP contribution is 2.14. The molecule has 1 unspecified atom stereocenters. The molecular formula is C15H29N3O3. The first kappa shape index (κ1) is 17.8. The topological polar surface area (TPSA) is 70.7 Å². The van der Waals surface area contributed by atoms with Crippen molar-refractivity contribution in [2.75, 3.05) is 19.6 Å². The van der Waals surface area contributed by atoms with Crippen molar-refractivity contribution in [2.24, 2.45) is 0 Å². The first-order chi connectivity index (χ1) is 9.55. The molecule has 0 bridgehead atoms. The normalized spacial score (nSPS) is 20.1. The number of piperazine rings is 1. The van der Waals surface area contributed by atoms with Crippen LogP contribution in [0.1, 0.15) is 48.0 Å². The van der Waals surface area contributed by atoms with E-state index in [1.165, 1.54) is 0 Å². The minimum atomic E-state index is -0.974. The van der Waals surface area contributed by atoms with E-state index in [2.05, 4.69) is 17.6 Å². The van der Waals surface area contributed by atoms with Gasteiger partial charge in [0.15, 0.2) is 0 Å². The second kappa shape index (κ2) is 6.64. The van der Waals surface area contributed by atoms with Gasteiger partial charge in [0.1, 0.15) is 11.1 Å². The highest BCUT2D eigenvalue weighted by molar-refractivity contribution is 5.89. The number of hydrogen-bond donors (Lipinski definition) is 2. The molecule has 1 saturated heterocycles. The van der Waals surface area contributed by atoms with Crippen molar-refractivity contribution in [2.45, 2.75) is 65.1 Å². The van der Waals surface area contributed by atoms with Crippen LogP contribution in [0.3, 0.4) is 0 Å². The Kier molecular flexibility index (Phi) is 5.61. The van der Waals surface area contributed by atoms with Crippen molar-refractivity contribution < 1.29 is 14.3 Å². The Labute approximate surface area is 127 Å². The molecule has 1 aliphatic heterocycles. The highest BCUT2D eigenvalue weighted by Gasteiger charge is 2.36. The summed E-state index contributed by atoms with van der Waals surface area (Å²) in [6.07, 6.45) is 0.409. The van der Waals surface area contributed by atoms with Crippen molar-refractivity contribution in [3.8, 4) is 0 Å². The summed E-state index contributed by atoms with van der Waals surface area (Å²) in [7, 11) is 0. The third-order valence-electron chi connectivity index (χ3n) is 3.38. The van der Waals surface area contributed by atoms with Crippen molar-refractivity contribution in [3.05, 3.63) is 0 Å². The number of carbonyl (C=O) groups is 2. The minimum Gasteiger partial charge on any atom is -0.444 e. The number of hydrogen-bond acceptors (Lipinski definition) is 4. The molecule has 2 amide bonds. The predicted octanol–water partition coefficient (Wildman–Crippen LogP) is 1.50. The monoisotopic (exact) mass is 299 g/mol. The smallest absolute Gasteiger partial charge is 0.408 e. The maximum Gasteiger partial charge on any atom is 0.408 e. The molecule has 6 heteroatoms. The van der Waals surface area contributed by atoms with Gasteiger partial charge in [0.25, 0.3) is 0 Å². The molecule has 2 N–H and O–H groups in total. The summed E-state index contributed by atoms with van der Waals surface area (Å²) in [6, 6.07) is 0.319. The van der Waals surface area contributed by atoms with Crippen molar-refractivity contribution in [3.63, 3.8) is 0 Å². The van der Waals surface area contributed by atoms with E-state index in [1.54, 1.807) is 34.6 Å². The lowest BCUT2D eigenvalue weighted by molar-refractivity contribution is -0.138. The standard InChI is InChI=1S/C15H29N3O3/c1-7-11-10-18(9-8-16-11)12(19)15(5,6)17-13(20)21-14(2,3)4/h11,16H,7-10H2,1-6H3,(H,17,20). The third-order valence-corrected chi connectivity index (χ3v) is 3.38. The van der Waals surface area contributed by atoms with Gasteiger partial charge < -0.3 is 20.3 Å². The van der Waals surface area contributed by atoms with Gasteiger partial charge in [0.05, 0.1) is 0 Å². The zero-order chi connectivity index (χ0) is 16.3. The van der Waals surface area contributed by atoms with Crippen LogP contribution in [0.4, 0.5) is 4.79 Å². The fourth-order valence-corrected chi connectivity index (χ4v) is 2.29. The van der Waals surface area contributed by atoms with Gasteiger partial charge in [-0.2, -0.15) is 0 Å². The summed E-state index contributed by atoms with van der Waals surface area (Å²) in [5.74, 6) is -0.0756. The van der Waals surface area contributed by atoms with Crippen molar-refractivity contribution >= 4 is 12.0 Å². The van der Waals surface area contributed by atoms with Crippen LogP contribution in [0.5, 0.6) is 0 Å². The molecule has 0 aromatic heterocycles.